The smallest absolute Gasteiger partial charge is 0.270 e. The summed E-state index contributed by atoms with van der Waals surface area (Å²) in [7, 11) is 0. The first kappa shape index (κ1) is 28.5. The van der Waals surface area contributed by atoms with Gasteiger partial charge in [-0.25, -0.2) is 0 Å². The number of benzene rings is 1. The largest absolute Gasteiger partial charge is 0.384 e. The third-order valence-electron chi connectivity index (χ3n) is 6.38. The summed E-state index contributed by atoms with van der Waals surface area (Å²) in [5, 5.41) is 22.4. The molecule has 2 rings (SSSR count). The molecule has 0 saturated carbocycles. The van der Waals surface area contributed by atoms with Gasteiger partial charge in [0.1, 0.15) is 18.1 Å². The molecule has 6 N–H and O–H groups in total. The number of unbranched alkanes of at least 4 members (excludes halogenated alkanes) is 2. The molecule has 4 amide bonds. The van der Waals surface area contributed by atoms with Crippen LogP contribution in [-0.4, -0.2) is 53.2 Å². The van der Waals surface area contributed by atoms with E-state index in [2.05, 4.69) is 21.3 Å². The summed E-state index contributed by atoms with van der Waals surface area (Å²) in [5.74, 6) is -2.78. The number of hydrogen-bond donors (Lipinski definition) is 5. The van der Waals surface area contributed by atoms with Gasteiger partial charge in [-0.3, -0.25) is 29.3 Å². The van der Waals surface area contributed by atoms with Gasteiger partial charge in [0.2, 0.25) is 17.7 Å². The molecule has 36 heavy (non-hydrogen) atoms. The molecule has 0 spiro atoms. The summed E-state index contributed by atoms with van der Waals surface area (Å²) in [6, 6.07) is 0.841. The zero-order chi connectivity index (χ0) is 26.8. The monoisotopic (exact) mass is 504 g/mol. The van der Waals surface area contributed by atoms with Crippen molar-refractivity contribution in [2.24, 2.45) is 11.7 Å². The minimum atomic E-state index is -1.01. The number of fused-ring (bicyclic) bond motifs is 1. The fourth-order valence-corrected chi connectivity index (χ4v) is 3.95. The number of anilines is 1. The van der Waals surface area contributed by atoms with Crippen LogP contribution in [0.5, 0.6) is 0 Å². The molecule has 4 atom stereocenters. The van der Waals surface area contributed by atoms with E-state index in [-0.39, 0.29) is 35.8 Å². The average molecular weight is 505 g/mol. The standard InChI is InChI=1S/C24H36N6O6/c1-4-6-7-8-19-23(33)27-18(21(25)31)11-12-26-17-10-9-15(30(35)36)13-16(17)22(32)29-20(14(3)5-2)24(34)28-19/h9-10,13-14,18-20,26H,4-8,11-12H2,1-3H3,(H2,25,31)(H,27,33)(H,28,34)(H,29,32)/t14-,18?,19+,20+/m1/s1. The van der Waals surface area contributed by atoms with Crippen LogP contribution in [0.2, 0.25) is 0 Å². The quantitative estimate of drug-likeness (QED) is 0.202. The lowest BCUT2D eigenvalue weighted by Crippen LogP contribution is -2.58. The number of primary amides is 1. The molecule has 1 aromatic rings. The Morgan fingerprint density at radius 3 is 2.47 bits per heavy atom. The Morgan fingerprint density at radius 2 is 1.86 bits per heavy atom. The molecule has 0 radical (unpaired) electrons. The van der Waals surface area contributed by atoms with Crippen LogP contribution in [0.3, 0.4) is 0 Å². The first-order valence-electron chi connectivity index (χ1n) is 12.3. The zero-order valence-electron chi connectivity index (χ0n) is 21.0. The molecule has 198 valence electrons. The van der Waals surface area contributed by atoms with E-state index in [0.717, 1.165) is 18.9 Å². The molecule has 0 saturated heterocycles. The lowest BCUT2D eigenvalue weighted by Gasteiger charge is -2.28. The van der Waals surface area contributed by atoms with Gasteiger partial charge < -0.3 is 27.0 Å². The van der Waals surface area contributed by atoms with E-state index in [1.165, 1.54) is 12.1 Å². The topological polar surface area (TPSA) is 186 Å². The van der Waals surface area contributed by atoms with E-state index in [9.17, 15) is 29.3 Å². The summed E-state index contributed by atoms with van der Waals surface area (Å²) < 4.78 is 0. The minimum absolute atomic E-state index is 0.0125. The van der Waals surface area contributed by atoms with Gasteiger partial charge in [0, 0.05) is 24.4 Å². The number of carbonyl (C=O) groups is 4. The normalized spacial score (nSPS) is 22.1. The van der Waals surface area contributed by atoms with Gasteiger partial charge >= 0.3 is 0 Å². The van der Waals surface area contributed by atoms with Crippen molar-refractivity contribution in [3.63, 3.8) is 0 Å². The maximum absolute atomic E-state index is 13.3. The van der Waals surface area contributed by atoms with Crippen LogP contribution >= 0.6 is 0 Å². The maximum atomic E-state index is 13.3. The summed E-state index contributed by atoms with van der Waals surface area (Å²) in [6.45, 7) is 5.81. The van der Waals surface area contributed by atoms with Gasteiger partial charge in [-0.2, -0.15) is 0 Å². The highest BCUT2D eigenvalue weighted by molar-refractivity contribution is 6.03. The van der Waals surface area contributed by atoms with Gasteiger partial charge in [0.25, 0.3) is 11.6 Å². The lowest BCUT2D eigenvalue weighted by atomic mass is 9.96. The van der Waals surface area contributed by atoms with Crippen LogP contribution in [0, 0.1) is 16.0 Å². The Kier molecular flexibility index (Phi) is 10.6. The third-order valence-corrected chi connectivity index (χ3v) is 6.38. The third kappa shape index (κ3) is 7.65. The van der Waals surface area contributed by atoms with Crippen molar-refractivity contribution in [1.82, 2.24) is 16.0 Å². The van der Waals surface area contributed by atoms with Crippen molar-refractivity contribution in [1.29, 1.82) is 0 Å². The van der Waals surface area contributed by atoms with Crippen molar-refractivity contribution in [2.45, 2.75) is 77.4 Å². The number of non-ortho nitro benzene ring substituents is 1. The Labute approximate surface area is 210 Å². The van der Waals surface area contributed by atoms with Gasteiger partial charge in [-0.15, -0.1) is 0 Å². The number of nitrogens with one attached hydrogen (secondary N) is 4. The molecular formula is C24H36N6O6. The average Bonchev–Trinajstić information content (AvgIpc) is 2.84. The number of rotatable bonds is 8. The molecule has 0 aliphatic carbocycles. The van der Waals surface area contributed by atoms with Gasteiger partial charge in [0.15, 0.2) is 0 Å². The van der Waals surface area contributed by atoms with Gasteiger partial charge in [-0.1, -0.05) is 46.5 Å². The molecule has 12 heteroatoms. The highest BCUT2D eigenvalue weighted by atomic mass is 16.6. The Hall–Kier alpha value is -3.70. The first-order chi connectivity index (χ1) is 17.1. The van der Waals surface area contributed by atoms with Gasteiger partial charge in [-0.05, 0) is 24.8 Å². The summed E-state index contributed by atoms with van der Waals surface area (Å²) in [6.07, 6.45) is 3.44. The van der Waals surface area contributed by atoms with E-state index in [4.69, 9.17) is 5.73 Å². The molecule has 0 aromatic heterocycles. The molecule has 1 aliphatic rings. The van der Waals surface area contributed by atoms with Crippen LogP contribution in [-0.2, 0) is 14.4 Å². The number of amides is 4. The SMILES string of the molecule is CCCCC[C@@H]1NC(=O)[C@H]([C@H](C)CC)NC(=O)c2cc([N+](=O)[O-])ccc2NCCC(C(N)=O)NC1=O. The van der Waals surface area contributed by atoms with Crippen molar-refractivity contribution in [3.8, 4) is 0 Å². The van der Waals surface area contributed by atoms with Crippen LogP contribution in [0.1, 0.15) is 69.7 Å². The Balaban J connectivity index is 2.50. The van der Waals surface area contributed by atoms with Crippen molar-refractivity contribution >= 4 is 35.0 Å². The number of nitro groups is 1. The van der Waals surface area contributed by atoms with E-state index < -0.39 is 46.7 Å². The van der Waals surface area contributed by atoms with Crippen LogP contribution in [0.4, 0.5) is 11.4 Å². The summed E-state index contributed by atoms with van der Waals surface area (Å²) in [5.41, 5.74) is 5.49. The molecule has 0 fully saturated rings. The lowest BCUT2D eigenvalue weighted by molar-refractivity contribution is -0.384. The van der Waals surface area contributed by atoms with Crippen molar-refractivity contribution in [2.75, 3.05) is 11.9 Å². The van der Waals surface area contributed by atoms with E-state index in [1.54, 1.807) is 6.92 Å². The predicted molar refractivity (Wildman–Crippen MR) is 134 cm³/mol. The second-order valence-corrected chi connectivity index (χ2v) is 9.06. The Morgan fingerprint density at radius 1 is 1.14 bits per heavy atom. The highest BCUT2D eigenvalue weighted by Crippen LogP contribution is 2.23. The molecule has 12 nitrogen and oxygen atoms in total. The fourth-order valence-electron chi connectivity index (χ4n) is 3.95. The molecule has 1 heterocycles. The van der Waals surface area contributed by atoms with Crippen LogP contribution in [0.15, 0.2) is 18.2 Å². The van der Waals surface area contributed by atoms with Crippen molar-refractivity contribution in [3.05, 3.63) is 33.9 Å². The number of nitrogens with zero attached hydrogens (tertiary/aromatic N) is 1. The molecule has 1 aliphatic heterocycles. The highest BCUT2D eigenvalue weighted by Gasteiger charge is 2.32. The van der Waals surface area contributed by atoms with E-state index >= 15 is 0 Å². The molecule has 1 aromatic carbocycles. The second-order valence-electron chi connectivity index (χ2n) is 9.06. The van der Waals surface area contributed by atoms with Crippen LogP contribution < -0.4 is 27.0 Å². The minimum Gasteiger partial charge on any atom is -0.384 e. The molecule has 1 unspecified atom stereocenters. The van der Waals surface area contributed by atoms with Crippen LogP contribution in [0.25, 0.3) is 0 Å². The summed E-state index contributed by atoms with van der Waals surface area (Å²) in [4.78, 5) is 62.3. The summed E-state index contributed by atoms with van der Waals surface area (Å²) >= 11 is 0. The molecular weight excluding hydrogens is 468 g/mol. The number of carbonyl (C=O) groups excluding carboxylic acids is 4. The number of nitro benzene ring substituents is 1. The van der Waals surface area contributed by atoms with E-state index in [0.29, 0.717) is 19.3 Å². The predicted octanol–water partition coefficient (Wildman–Crippen LogP) is 1.59. The van der Waals surface area contributed by atoms with Crippen molar-refractivity contribution < 1.29 is 24.1 Å². The zero-order valence-corrected chi connectivity index (χ0v) is 21.0. The number of nitrogens with two attached hydrogens (primary N) is 1. The molecule has 0 bridgehead atoms. The number of hydrogen-bond acceptors (Lipinski definition) is 7. The first-order valence-corrected chi connectivity index (χ1v) is 12.3. The maximum Gasteiger partial charge on any atom is 0.270 e. The fraction of sp³-hybridized carbons (Fsp3) is 0.583. The van der Waals surface area contributed by atoms with Gasteiger partial charge in [0.05, 0.1) is 10.5 Å². The van der Waals surface area contributed by atoms with E-state index in [1.807, 2.05) is 13.8 Å². The Bertz CT molecular complexity index is 984. The second kappa shape index (κ2) is 13.4.